The predicted octanol–water partition coefficient (Wildman–Crippen LogP) is 3.28. The van der Waals surface area contributed by atoms with Crippen molar-refractivity contribution in [1.29, 1.82) is 0 Å². The van der Waals surface area contributed by atoms with E-state index in [0.29, 0.717) is 35.9 Å². The average molecular weight is 359 g/mol. The summed E-state index contributed by atoms with van der Waals surface area (Å²) in [6.07, 6.45) is 1.47. The molecule has 0 aromatic heterocycles. The number of hydrogen-bond acceptors (Lipinski definition) is 3. The minimum absolute atomic E-state index is 0.135. The van der Waals surface area contributed by atoms with E-state index in [4.69, 9.17) is 16.3 Å². The topological polar surface area (TPSA) is 58.6 Å². The van der Waals surface area contributed by atoms with Crippen LogP contribution in [0.25, 0.3) is 0 Å². The highest BCUT2D eigenvalue weighted by molar-refractivity contribution is 6.30. The molecule has 3 rings (SSSR count). The largest absolute Gasteiger partial charge is 0.492 e. The Morgan fingerprint density at radius 1 is 1.20 bits per heavy atom. The molecule has 25 heavy (non-hydrogen) atoms. The fourth-order valence-electron chi connectivity index (χ4n) is 2.71. The number of anilines is 1. The van der Waals surface area contributed by atoms with Gasteiger partial charge in [0.1, 0.15) is 12.4 Å². The smallest absolute Gasteiger partial charge is 0.251 e. The number of carbonyl (C=O) groups excluding carboxylic acids is 2. The van der Waals surface area contributed by atoms with Crippen LogP contribution in [0.5, 0.6) is 5.75 Å². The van der Waals surface area contributed by atoms with Crippen molar-refractivity contribution in [3.63, 3.8) is 0 Å². The van der Waals surface area contributed by atoms with Crippen LogP contribution in [-0.2, 0) is 4.79 Å². The number of amides is 2. The van der Waals surface area contributed by atoms with Gasteiger partial charge < -0.3 is 15.0 Å². The third-order valence-corrected chi connectivity index (χ3v) is 4.20. The van der Waals surface area contributed by atoms with E-state index in [2.05, 4.69) is 5.32 Å². The van der Waals surface area contributed by atoms with Gasteiger partial charge in [0, 0.05) is 29.2 Å². The van der Waals surface area contributed by atoms with Crippen LogP contribution in [0.3, 0.4) is 0 Å². The molecule has 1 N–H and O–H groups in total. The Balaban J connectivity index is 1.47. The Bertz CT molecular complexity index is 762. The summed E-state index contributed by atoms with van der Waals surface area (Å²) in [5.41, 5.74) is 1.39. The lowest BCUT2D eigenvalue weighted by atomic mass is 10.2. The van der Waals surface area contributed by atoms with Gasteiger partial charge in [-0.25, -0.2) is 0 Å². The van der Waals surface area contributed by atoms with E-state index in [9.17, 15) is 9.59 Å². The van der Waals surface area contributed by atoms with E-state index in [0.717, 1.165) is 18.7 Å². The quantitative estimate of drug-likeness (QED) is 0.806. The number of nitrogens with one attached hydrogen (secondary N) is 1. The molecule has 0 spiro atoms. The maximum absolute atomic E-state index is 12.1. The molecule has 0 aliphatic carbocycles. The molecule has 0 unspecified atom stereocenters. The summed E-state index contributed by atoms with van der Waals surface area (Å²) in [7, 11) is 0. The lowest BCUT2D eigenvalue weighted by molar-refractivity contribution is -0.117. The van der Waals surface area contributed by atoms with Crippen LogP contribution in [0, 0.1) is 0 Å². The van der Waals surface area contributed by atoms with Gasteiger partial charge in [0.2, 0.25) is 5.91 Å². The van der Waals surface area contributed by atoms with Crippen LogP contribution in [0.2, 0.25) is 5.02 Å². The molecule has 0 radical (unpaired) electrons. The van der Waals surface area contributed by atoms with Crippen LogP contribution in [0.15, 0.2) is 48.5 Å². The molecule has 1 heterocycles. The third-order valence-electron chi connectivity index (χ3n) is 3.97. The van der Waals surface area contributed by atoms with E-state index in [1.165, 1.54) is 0 Å². The van der Waals surface area contributed by atoms with Gasteiger partial charge in [-0.05, 0) is 48.9 Å². The number of nitrogens with zero attached hydrogens (tertiary/aromatic N) is 1. The van der Waals surface area contributed by atoms with Crippen LogP contribution < -0.4 is 15.0 Å². The SMILES string of the molecule is O=C(NCCOc1cccc(Cl)c1)c1ccc(N2CCCC2=O)cc1. The molecule has 1 fully saturated rings. The summed E-state index contributed by atoms with van der Waals surface area (Å²) in [6, 6.07) is 14.2. The lowest BCUT2D eigenvalue weighted by Crippen LogP contribution is -2.28. The molecular formula is C19H19ClN2O3. The highest BCUT2D eigenvalue weighted by Gasteiger charge is 2.21. The first-order valence-corrected chi connectivity index (χ1v) is 8.58. The maximum Gasteiger partial charge on any atom is 0.251 e. The first kappa shape index (κ1) is 17.3. The summed E-state index contributed by atoms with van der Waals surface area (Å²) < 4.78 is 5.53. The zero-order valence-corrected chi connectivity index (χ0v) is 14.5. The van der Waals surface area contributed by atoms with Crippen molar-refractivity contribution in [3.8, 4) is 5.75 Å². The van der Waals surface area contributed by atoms with Gasteiger partial charge in [0.05, 0.1) is 6.54 Å². The molecule has 2 aromatic rings. The molecule has 0 bridgehead atoms. The monoisotopic (exact) mass is 358 g/mol. The number of ether oxygens (including phenoxy) is 1. The first-order valence-electron chi connectivity index (χ1n) is 8.20. The summed E-state index contributed by atoms with van der Waals surface area (Å²) in [6.45, 7) is 1.48. The van der Waals surface area contributed by atoms with Crippen LogP contribution in [0.1, 0.15) is 23.2 Å². The van der Waals surface area contributed by atoms with Crippen molar-refractivity contribution in [1.82, 2.24) is 5.32 Å². The highest BCUT2D eigenvalue weighted by Crippen LogP contribution is 2.21. The second-order valence-electron chi connectivity index (χ2n) is 5.76. The van der Waals surface area contributed by atoms with Gasteiger partial charge in [-0.1, -0.05) is 17.7 Å². The van der Waals surface area contributed by atoms with Crippen molar-refractivity contribution < 1.29 is 14.3 Å². The summed E-state index contributed by atoms with van der Waals surface area (Å²) >= 11 is 5.88. The fourth-order valence-corrected chi connectivity index (χ4v) is 2.89. The van der Waals surface area contributed by atoms with Crippen molar-refractivity contribution in [3.05, 3.63) is 59.1 Å². The maximum atomic E-state index is 12.1. The number of rotatable bonds is 6. The minimum Gasteiger partial charge on any atom is -0.492 e. The Hall–Kier alpha value is -2.53. The van der Waals surface area contributed by atoms with E-state index in [1.807, 2.05) is 12.1 Å². The Labute approximate surface area is 151 Å². The van der Waals surface area contributed by atoms with Gasteiger partial charge in [-0.2, -0.15) is 0 Å². The van der Waals surface area contributed by atoms with Crippen molar-refractivity contribution in [2.24, 2.45) is 0 Å². The van der Waals surface area contributed by atoms with Crippen molar-refractivity contribution in [2.45, 2.75) is 12.8 Å². The third kappa shape index (κ3) is 4.51. The molecule has 1 aliphatic rings. The molecule has 2 amide bonds. The van der Waals surface area contributed by atoms with E-state index < -0.39 is 0 Å². The zero-order valence-electron chi connectivity index (χ0n) is 13.7. The van der Waals surface area contributed by atoms with Gasteiger partial charge in [0.25, 0.3) is 5.91 Å². The predicted molar refractivity (Wildman–Crippen MR) is 97.3 cm³/mol. The van der Waals surface area contributed by atoms with Crippen LogP contribution in [-0.4, -0.2) is 31.5 Å². The normalized spacial score (nSPS) is 13.8. The summed E-state index contributed by atoms with van der Waals surface area (Å²) in [4.78, 5) is 25.6. The second kappa shape index (κ2) is 8.03. The van der Waals surface area contributed by atoms with Gasteiger partial charge >= 0.3 is 0 Å². The molecule has 1 aliphatic heterocycles. The average Bonchev–Trinajstić information content (AvgIpc) is 3.05. The second-order valence-corrected chi connectivity index (χ2v) is 6.19. The number of hydrogen-bond donors (Lipinski definition) is 1. The van der Waals surface area contributed by atoms with Crippen LogP contribution in [0.4, 0.5) is 5.69 Å². The molecule has 6 heteroatoms. The number of benzene rings is 2. The van der Waals surface area contributed by atoms with E-state index in [1.54, 1.807) is 41.3 Å². The minimum atomic E-state index is -0.172. The number of halogens is 1. The molecule has 0 atom stereocenters. The number of carbonyl (C=O) groups is 2. The van der Waals surface area contributed by atoms with Gasteiger partial charge in [-0.15, -0.1) is 0 Å². The Kier molecular flexibility index (Phi) is 5.56. The summed E-state index contributed by atoms with van der Waals surface area (Å²) in [5.74, 6) is 0.630. The molecule has 2 aromatic carbocycles. The molecule has 130 valence electrons. The molecule has 0 saturated carbocycles. The first-order chi connectivity index (χ1) is 12.1. The van der Waals surface area contributed by atoms with Gasteiger partial charge in [0.15, 0.2) is 0 Å². The lowest BCUT2D eigenvalue weighted by Gasteiger charge is -2.15. The Morgan fingerprint density at radius 2 is 2.00 bits per heavy atom. The van der Waals surface area contributed by atoms with E-state index >= 15 is 0 Å². The molecule has 1 saturated heterocycles. The highest BCUT2D eigenvalue weighted by atomic mass is 35.5. The van der Waals surface area contributed by atoms with Gasteiger partial charge in [-0.3, -0.25) is 9.59 Å². The zero-order chi connectivity index (χ0) is 17.6. The fraction of sp³-hybridized carbons (Fsp3) is 0.263. The molecular weight excluding hydrogens is 340 g/mol. The van der Waals surface area contributed by atoms with E-state index in [-0.39, 0.29) is 11.8 Å². The summed E-state index contributed by atoms with van der Waals surface area (Å²) in [5, 5.41) is 3.41. The van der Waals surface area contributed by atoms with Crippen LogP contribution >= 0.6 is 11.6 Å². The molecule has 5 nitrogen and oxygen atoms in total. The van der Waals surface area contributed by atoms with Crippen molar-refractivity contribution >= 4 is 29.1 Å². The standard InChI is InChI=1S/C19H19ClN2O3/c20-15-3-1-4-17(13-15)25-12-10-21-19(24)14-6-8-16(9-7-14)22-11-2-5-18(22)23/h1,3-4,6-9,13H,2,5,10-12H2,(H,21,24). The Morgan fingerprint density at radius 3 is 2.68 bits per heavy atom. The van der Waals surface area contributed by atoms with Crippen molar-refractivity contribution in [2.75, 3.05) is 24.6 Å².